The zero-order valence-electron chi connectivity index (χ0n) is 9.22. The van der Waals surface area contributed by atoms with Crippen LogP contribution in [0.15, 0.2) is 22.7 Å². The van der Waals surface area contributed by atoms with E-state index in [2.05, 4.69) is 21.2 Å². The SMILES string of the molecule is CNC(=O)C1(N)CCc2c(Br)cccc2C1. The van der Waals surface area contributed by atoms with Crippen LogP contribution in [-0.4, -0.2) is 18.5 Å². The highest BCUT2D eigenvalue weighted by molar-refractivity contribution is 9.10. The van der Waals surface area contributed by atoms with E-state index in [1.54, 1.807) is 7.05 Å². The Morgan fingerprint density at radius 2 is 2.31 bits per heavy atom. The van der Waals surface area contributed by atoms with Gasteiger partial charge in [-0.25, -0.2) is 0 Å². The molecule has 0 spiro atoms. The van der Waals surface area contributed by atoms with Crippen molar-refractivity contribution in [3.63, 3.8) is 0 Å². The van der Waals surface area contributed by atoms with Gasteiger partial charge in [-0.15, -0.1) is 0 Å². The lowest BCUT2D eigenvalue weighted by Crippen LogP contribution is -2.56. The van der Waals surface area contributed by atoms with Crippen molar-refractivity contribution in [3.8, 4) is 0 Å². The molecular weight excluding hydrogens is 268 g/mol. The Kier molecular flexibility index (Phi) is 3.04. The second-order valence-electron chi connectivity index (χ2n) is 4.29. The first kappa shape index (κ1) is 11.6. The van der Waals surface area contributed by atoms with Crippen molar-refractivity contribution in [2.24, 2.45) is 5.73 Å². The lowest BCUT2D eigenvalue weighted by atomic mass is 9.78. The molecule has 3 N–H and O–H groups in total. The summed E-state index contributed by atoms with van der Waals surface area (Å²) in [6, 6.07) is 6.06. The maximum absolute atomic E-state index is 11.7. The molecule has 0 aliphatic heterocycles. The average molecular weight is 283 g/mol. The van der Waals surface area contributed by atoms with E-state index in [1.165, 1.54) is 11.1 Å². The Hall–Kier alpha value is -0.870. The minimum atomic E-state index is -0.747. The van der Waals surface area contributed by atoms with Gasteiger partial charge >= 0.3 is 0 Å². The van der Waals surface area contributed by atoms with E-state index in [0.29, 0.717) is 12.8 Å². The van der Waals surface area contributed by atoms with Crippen molar-refractivity contribution >= 4 is 21.8 Å². The predicted molar refractivity (Wildman–Crippen MR) is 67.2 cm³/mol. The summed E-state index contributed by atoms with van der Waals surface area (Å²) < 4.78 is 1.11. The maximum atomic E-state index is 11.7. The fourth-order valence-corrected chi connectivity index (χ4v) is 2.87. The largest absolute Gasteiger partial charge is 0.358 e. The minimum absolute atomic E-state index is 0.0712. The number of carbonyl (C=O) groups is 1. The van der Waals surface area contributed by atoms with Crippen LogP contribution in [0, 0.1) is 0 Å². The summed E-state index contributed by atoms with van der Waals surface area (Å²) in [5, 5.41) is 2.64. The normalized spacial score (nSPS) is 23.7. The topological polar surface area (TPSA) is 55.1 Å². The van der Waals surface area contributed by atoms with E-state index in [9.17, 15) is 4.79 Å². The van der Waals surface area contributed by atoms with E-state index in [1.807, 2.05) is 18.2 Å². The summed E-state index contributed by atoms with van der Waals surface area (Å²) in [7, 11) is 1.63. The Bertz CT molecular complexity index is 433. The molecular formula is C12H15BrN2O. The van der Waals surface area contributed by atoms with Crippen molar-refractivity contribution in [1.29, 1.82) is 0 Å². The van der Waals surface area contributed by atoms with Gasteiger partial charge < -0.3 is 11.1 Å². The van der Waals surface area contributed by atoms with E-state index in [-0.39, 0.29) is 5.91 Å². The van der Waals surface area contributed by atoms with E-state index in [4.69, 9.17) is 5.73 Å². The molecule has 16 heavy (non-hydrogen) atoms. The Morgan fingerprint density at radius 1 is 1.56 bits per heavy atom. The lowest BCUT2D eigenvalue weighted by Gasteiger charge is -2.33. The van der Waals surface area contributed by atoms with Crippen LogP contribution in [0.4, 0.5) is 0 Å². The smallest absolute Gasteiger partial charge is 0.240 e. The summed E-state index contributed by atoms with van der Waals surface area (Å²) in [6.07, 6.45) is 2.16. The molecule has 1 aliphatic carbocycles. The van der Waals surface area contributed by atoms with Gasteiger partial charge in [0, 0.05) is 11.5 Å². The van der Waals surface area contributed by atoms with Crippen LogP contribution in [0.1, 0.15) is 17.5 Å². The first-order valence-corrected chi connectivity index (χ1v) is 6.13. The van der Waals surface area contributed by atoms with Gasteiger partial charge in [0.1, 0.15) is 0 Å². The van der Waals surface area contributed by atoms with Crippen molar-refractivity contribution in [1.82, 2.24) is 5.32 Å². The molecule has 1 amide bonds. The third kappa shape index (κ3) is 1.87. The number of likely N-dealkylation sites (N-methyl/N-ethyl adjacent to an activating group) is 1. The Morgan fingerprint density at radius 3 is 3.00 bits per heavy atom. The van der Waals surface area contributed by atoms with Gasteiger partial charge in [0.2, 0.25) is 5.91 Å². The molecule has 0 saturated heterocycles. The van der Waals surface area contributed by atoms with Crippen LogP contribution >= 0.6 is 15.9 Å². The first-order valence-electron chi connectivity index (χ1n) is 5.34. The second kappa shape index (κ2) is 4.18. The quantitative estimate of drug-likeness (QED) is 0.818. The van der Waals surface area contributed by atoms with Crippen LogP contribution in [0.5, 0.6) is 0 Å². The maximum Gasteiger partial charge on any atom is 0.240 e. The molecule has 86 valence electrons. The van der Waals surface area contributed by atoms with Crippen molar-refractivity contribution in [2.45, 2.75) is 24.8 Å². The number of rotatable bonds is 1. The van der Waals surface area contributed by atoms with Gasteiger partial charge in [-0.1, -0.05) is 28.1 Å². The van der Waals surface area contributed by atoms with Gasteiger partial charge in [-0.2, -0.15) is 0 Å². The molecule has 4 heteroatoms. The molecule has 0 fully saturated rings. The zero-order valence-corrected chi connectivity index (χ0v) is 10.8. The molecule has 1 aromatic rings. The summed E-state index contributed by atoms with van der Waals surface area (Å²) in [6.45, 7) is 0. The molecule has 1 atom stereocenters. The van der Waals surface area contributed by atoms with Gasteiger partial charge in [0.25, 0.3) is 0 Å². The Labute approximate surface area is 104 Å². The number of fused-ring (bicyclic) bond motifs is 1. The number of carbonyl (C=O) groups excluding carboxylic acids is 1. The fraction of sp³-hybridized carbons (Fsp3) is 0.417. The molecule has 1 unspecified atom stereocenters. The highest BCUT2D eigenvalue weighted by atomic mass is 79.9. The number of amides is 1. The third-order valence-electron chi connectivity index (χ3n) is 3.22. The highest BCUT2D eigenvalue weighted by Gasteiger charge is 2.37. The van der Waals surface area contributed by atoms with Crippen LogP contribution in [0.25, 0.3) is 0 Å². The van der Waals surface area contributed by atoms with E-state index < -0.39 is 5.54 Å². The molecule has 1 aliphatic rings. The monoisotopic (exact) mass is 282 g/mol. The number of benzene rings is 1. The van der Waals surface area contributed by atoms with Crippen molar-refractivity contribution in [2.75, 3.05) is 7.05 Å². The van der Waals surface area contributed by atoms with Gasteiger partial charge in [0.05, 0.1) is 5.54 Å². The first-order chi connectivity index (χ1) is 7.57. The number of nitrogens with two attached hydrogens (primary N) is 1. The van der Waals surface area contributed by atoms with Crippen LogP contribution in [0.3, 0.4) is 0 Å². The average Bonchev–Trinajstić information content (AvgIpc) is 2.28. The van der Waals surface area contributed by atoms with Crippen LogP contribution < -0.4 is 11.1 Å². The summed E-state index contributed by atoms with van der Waals surface area (Å²) in [5.74, 6) is -0.0712. The summed E-state index contributed by atoms with van der Waals surface area (Å²) >= 11 is 3.53. The predicted octanol–water partition coefficient (Wildman–Crippen LogP) is 1.38. The molecule has 3 nitrogen and oxygen atoms in total. The number of hydrogen-bond acceptors (Lipinski definition) is 2. The molecule has 0 radical (unpaired) electrons. The molecule has 0 bridgehead atoms. The third-order valence-corrected chi connectivity index (χ3v) is 3.97. The van der Waals surface area contributed by atoms with E-state index >= 15 is 0 Å². The van der Waals surface area contributed by atoms with E-state index in [0.717, 1.165) is 10.9 Å². The summed E-state index contributed by atoms with van der Waals surface area (Å²) in [5.41, 5.74) is 7.86. The minimum Gasteiger partial charge on any atom is -0.358 e. The lowest BCUT2D eigenvalue weighted by molar-refractivity contribution is -0.126. The van der Waals surface area contributed by atoms with Gasteiger partial charge in [0.15, 0.2) is 0 Å². The molecule has 2 rings (SSSR count). The summed E-state index contributed by atoms with van der Waals surface area (Å²) in [4.78, 5) is 11.7. The number of halogens is 1. The van der Waals surface area contributed by atoms with Crippen LogP contribution in [-0.2, 0) is 17.6 Å². The van der Waals surface area contributed by atoms with Crippen molar-refractivity contribution < 1.29 is 4.79 Å². The van der Waals surface area contributed by atoms with Gasteiger partial charge in [-0.3, -0.25) is 4.79 Å². The highest BCUT2D eigenvalue weighted by Crippen LogP contribution is 2.31. The number of nitrogens with one attached hydrogen (secondary N) is 1. The number of hydrogen-bond donors (Lipinski definition) is 2. The Balaban J connectivity index is 2.34. The molecule has 0 heterocycles. The van der Waals surface area contributed by atoms with Crippen molar-refractivity contribution in [3.05, 3.63) is 33.8 Å². The second-order valence-corrected chi connectivity index (χ2v) is 5.14. The standard InChI is InChI=1S/C12H15BrN2O/c1-15-11(16)12(14)6-5-9-8(7-12)3-2-4-10(9)13/h2-4H,5-7,14H2,1H3,(H,15,16). The zero-order chi connectivity index (χ0) is 11.8. The molecule has 0 aromatic heterocycles. The van der Waals surface area contributed by atoms with Gasteiger partial charge in [-0.05, 0) is 36.5 Å². The van der Waals surface area contributed by atoms with Crippen LogP contribution in [0.2, 0.25) is 0 Å². The fourth-order valence-electron chi connectivity index (χ4n) is 2.27. The molecule has 0 saturated carbocycles. The molecule has 1 aromatic carbocycles.